The van der Waals surface area contributed by atoms with Crippen molar-refractivity contribution < 1.29 is 20.4 Å². The van der Waals surface area contributed by atoms with Crippen LogP contribution in [0.5, 0.6) is 0 Å². The largest absolute Gasteiger partial charge is 0.392 e. The number of aliphatic hydroxyl groups is 4. The minimum absolute atomic E-state index is 0.163. The van der Waals surface area contributed by atoms with Gasteiger partial charge in [0.15, 0.2) is 0 Å². The molecule has 2 rings (SSSR count). The Balaban J connectivity index is 2.36. The molecule has 0 radical (unpaired) electrons. The van der Waals surface area contributed by atoms with Crippen LogP contribution in [-0.2, 0) is 0 Å². The zero-order valence-electron chi connectivity index (χ0n) is 12.4. The molecule has 19 heavy (non-hydrogen) atoms. The number of hydrogen-bond acceptors (Lipinski definition) is 4. The van der Waals surface area contributed by atoms with Crippen molar-refractivity contribution >= 4 is 0 Å². The second-order valence-electron chi connectivity index (χ2n) is 7.70. The van der Waals surface area contributed by atoms with Crippen LogP contribution < -0.4 is 0 Å². The molecule has 0 spiro atoms. The SMILES string of the molecule is CC(C)(O)[C@@H]1CC[C@@]2(C)CC[C@H](O)[C@@](C)(O)[C@@H]2[C@H]1O. The van der Waals surface area contributed by atoms with Crippen LogP contribution in [0, 0.1) is 17.3 Å². The van der Waals surface area contributed by atoms with Gasteiger partial charge in [-0.25, -0.2) is 0 Å². The normalized spacial score (nSPS) is 51.8. The first-order valence-electron chi connectivity index (χ1n) is 7.31. The lowest BCUT2D eigenvalue weighted by Gasteiger charge is -2.59. The van der Waals surface area contributed by atoms with E-state index >= 15 is 0 Å². The summed E-state index contributed by atoms with van der Waals surface area (Å²) in [6.45, 7) is 7.12. The molecule has 4 N–H and O–H groups in total. The Kier molecular flexibility index (Phi) is 3.54. The fraction of sp³-hybridized carbons (Fsp3) is 1.00. The summed E-state index contributed by atoms with van der Waals surface area (Å²) >= 11 is 0. The van der Waals surface area contributed by atoms with Crippen LogP contribution in [0.3, 0.4) is 0 Å². The third-order valence-corrected chi connectivity index (χ3v) is 5.73. The van der Waals surface area contributed by atoms with Crippen LogP contribution in [0.2, 0.25) is 0 Å². The van der Waals surface area contributed by atoms with Gasteiger partial charge < -0.3 is 20.4 Å². The third kappa shape index (κ3) is 2.33. The van der Waals surface area contributed by atoms with Crippen molar-refractivity contribution in [1.82, 2.24) is 0 Å². The fourth-order valence-corrected chi connectivity index (χ4v) is 4.52. The van der Waals surface area contributed by atoms with E-state index < -0.39 is 29.3 Å². The molecule has 2 fully saturated rings. The highest BCUT2D eigenvalue weighted by atomic mass is 16.3. The minimum atomic E-state index is -1.30. The average molecular weight is 272 g/mol. The summed E-state index contributed by atoms with van der Waals surface area (Å²) in [5.74, 6) is -0.656. The summed E-state index contributed by atoms with van der Waals surface area (Å²) in [6.07, 6.45) is 1.41. The molecule has 0 aliphatic heterocycles. The summed E-state index contributed by atoms with van der Waals surface area (Å²) in [4.78, 5) is 0. The molecule has 0 bridgehead atoms. The Bertz CT molecular complexity index is 342. The van der Waals surface area contributed by atoms with E-state index in [0.29, 0.717) is 6.42 Å². The van der Waals surface area contributed by atoms with Crippen LogP contribution in [0.15, 0.2) is 0 Å². The lowest BCUT2D eigenvalue weighted by Crippen LogP contribution is -2.65. The Labute approximate surface area is 115 Å². The molecule has 4 heteroatoms. The molecule has 0 amide bonds. The maximum absolute atomic E-state index is 10.7. The molecule has 2 saturated carbocycles. The first-order valence-corrected chi connectivity index (χ1v) is 7.31. The van der Waals surface area contributed by atoms with Gasteiger partial charge in [-0.05, 0) is 51.9 Å². The minimum Gasteiger partial charge on any atom is -0.392 e. The highest BCUT2D eigenvalue weighted by molar-refractivity contribution is 5.10. The predicted octanol–water partition coefficient (Wildman–Crippen LogP) is 1.06. The Morgan fingerprint density at radius 3 is 2.11 bits per heavy atom. The fourth-order valence-electron chi connectivity index (χ4n) is 4.52. The topological polar surface area (TPSA) is 80.9 Å². The van der Waals surface area contributed by atoms with Gasteiger partial charge in [-0.3, -0.25) is 0 Å². The monoisotopic (exact) mass is 272 g/mol. The number of fused-ring (bicyclic) bond motifs is 1. The van der Waals surface area contributed by atoms with Gasteiger partial charge in [0.2, 0.25) is 0 Å². The van der Waals surface area contributed by atoms with Gasteiger partial charge in [-0.15, -0.1) is 0 Å². The van der Waals surface area contributed by atoms with Gasteiger partial charge in [0, 0.05) is 11.8 Å². The quantitative estimate of drug-likeness (QED) is 0.575. The first-order chi connectivity index (χ1) is 8.50. The summed E-state index contributed by atoms with van der Waals surface area (Å²) in [7, 11) is 0. The zero-order chi connectivity index (χ0) is 14.6. The van der Waals surface area contributed by atoms with E-state index in [9.17, 15) is 20.4 Å². The van der Waals surface area contributed by atoms with Crippen molar-refractivity contribution in [3.63, 3.8) is 0 Å². The summed E-state index contributed by atoms with van der Waals surface area (Å²) < 4.78 is 0. The molecular formula is C15H28O4. The van der Waals surface area contributed by atoms with Crippen molar-refractivity contribution in [3.05, 3.63) is 0 Å². The van der Waals surface area contributed by atoms with Gasteiger partial charge in [-0.1, -0.05) is 6.92 Å². The second-order valence-corrected chi connectivity index (χ2v) is 7.70. The molecule has 2 aliphatic rings. The van der Waals surface area contributed by atoms with E-state index in [1.165, 1.54) is 0 Å². The smallest absolute Gasteiger partial charge is 0.0935 e. The van der Waals surface area contributed by atoms with Crippen molar-refractivity contribution in [1.29, 1.82) is 0 Å². The Hall–Kier alpha value is -0.160. The van der Waals surface area contributed by atoms with Gasteiger partial charge in [0.05, 0.1) is 23.4 Å². The van der Waals surface area contributed by atoms with Crippen LogP contribution in [0.1, 0.15) is 53.4 Å². The van der Waals surface area contributed by atoms with Crippen molar-refractivity contribution in [3.8, 4) is 0 Å². The number of hydrogen-bond donors (Lipinski definition) is 4. The molecule has 4 nitrogen and oxygen atoms in total. The average Bonchev–Trinajstić information content (AvgIpc) is 2.22. The lowest BCUT2D eigenvalue weighted by molar-refractivity contribution is -0.236. The second kappa shape index (κ2) is 4.42. The van der Waals surface area contributed by atoms with Crippen LogP contribution in [-0.4, -0.2) is 43.8 Å². The zero-order valence-corrected chi connectivity index (χ0v) is 12.4. The lowest BCUT2D eigenvalue weighted by atomic mass is 9.50. The standard InChI is InChI=1S/C15H28O4/c1-13(2,18)9-5-7-14(3)8-6-10(16)15(4,19)12(14)11(9)17/h9-12,16-19H,5-8H2,1-4H3/t9-,10+,11+,12-,14+,15-/m1/s1. The van der Waals surface area contributed by atoms with Gasteiger partial charge >= 0.3 is 0 Å². The predicted molar refractivity (Wildman–Crippen MR) is 72.5 cm³/mol. The van der Waals surface area contributed by atoms with E-state index in [2.05, 4.69) is 6.92 Å². The molecule has 6 atom stereocenters. The van der Waals surface area contributed by atoms with Crippen molar-refractivity contribution in [2.75, 3.05) is 0 Å². The molecule has 112 valence electrons. The molecule has 2 aliphatic carbocycles. The number of rotatable bonds is 1. The van der Waals surface area contributed by atoms with E-state index in [-0.39, 0.29) is 11.3 Å². The maximum Gasteiger partial charge on any atom is 0.0935 e. The van der Waals surface area contributed by atoms with E-state index in [0.717, 1.165) is 19.3 Å². The molecular weight excluding hydrogens is 244 g/mol. The third-order valence-electron chi connectivity index (χ3n) is 5.73. The Morgan fingerprint density at radius 1 is 1.05 bits per heavy atom. The van der Waals surface area contributed by atoms with Crippen LogP contribution >= 0.6 is 0 Å². The summed E-state index contributed by atoms with van der Waals surface area (Å²) in [5, 5.41) is 41.6. The molecule has 0 aromatic rings. The van der Waals surface area contributed by atoms with Crippen molar-refractivity contribution in [2.24, 2.45) is 17.3 Å². The molecule has 0 heterocycles. The van der Waals surface area contributed by atoms with Gasteiger partial charge in [0.1, 0.15) is 0 Å². The Morgan fingerprint density at radius 2 is 1.58 bits per heavy atom. The van der Waals surface area contributed by atoms with E-state index in [1.54, 1.807) is 20.8 Å². The maximum atomic E-state index is 10.7. The molecule has 0 aromatic carbocycles. The van der Waals surface area contributed by atoms with Crippen molar-refractivity contribution in [2.45, 2.75) is 76.8 Å². The molecule has 0 aromatic heterocycles. The highest BCUT2D eigenvalue weighted by Crippen LogP contribution is 2.56. The van der Waals surface area contributed by atoms with E-state index in [4.69, 9.17) is 0 Å². The van der Waals surface area contributed by atoms with Crippen LogP contribution in [0.25, 0.3) is 0 Å². The van der Waals surface area contributed by atoms with Crippen LogP contribution in [0.4, 0.5) is 0 Å². The summed E-state index contributed by atoms with van der Waals surface area (Å²) in [5.41, 5.74) is -2.43. The highest BCUT2D eigenvalue weighted by Gasteiger charge is 2.60. The first kappa shape index (κ1) is 15.2. The molecule has 0 saturated heterocycles. The summed E-state index contributed by atoms with van der Waals surface area (Å²) in [6, 6.07) is 0. The van der Waals surface area contributed by atoms with Gasteiger partial charge in [-0.2, -0.15) is 0 Å². The van der Waals surface area contributed by atoms with E-state index in [1.807, 2.05) is 0 Å². The number of aliphatic hydroxyl groups excluding tert-OH is 2. The molecule has 0 unspecified atom stereocenters. The van der Waals surface area contributed by atoms with Gasteiger partial charge in [0.25, 0.3) is 0 Å².